The topological polar surface area (TPSA) is 14.2 Å². The van der Waals surface area contributed by atoms with E-state index in [-0.39, 0.29) is 4.87 Å². The summed E-state index contributed by atoms with van der Waals surface area (Å²) in [6.45, 7) is 1.23. The molecule has 1 saturated heterocycles. The van der Waals surface area contributed by atoms with Crippen molar-refractivity contribution in [1.29, 1.82) is 0 Å². The highest BCUT2D eigenvalue weighted by molar-refractivity contribution is 6.25. The lowest BCUT2D eigenvalue weighted by atomic mass is 9.96. The molecule has 1 aromatic heterocycles. The lowest BCUT2D eigenvalue weighted by Gasteiger charge is -2.35. The van der Waals surface area contributed by atoms with Crippen LogP contribution in [0.4, 0.5) is 0 Å². The minimum atomic E-state index is -0.305. The summed E-state index contributed by atoms with van der Waals surface area (Å²) >= 11 is 6.49. The van der Waals surface area contributed by atoms with Crippen LogP contribution in [0.3, 0.4) is 0 Å². The highest BCUT2D eigenvalue weighted by atomic mass is 35.5. The second-order valence-corrected chi connectivity index (χ2v) is 4.85. The first-order valence-corrected chi connectivity index (χ1v) is 5.40. The molecule has 3 heteroatoms. The first kappa shape index (κ1) is 9.25. The average Bonchev–Trinajstić information content (AvgIpc) is 2.54. The van der Waals surface area contributed by atoms with Crippen LogP contribution >= 0.6 is 11.6 Å². The largest absolute Gasteiger partial charge is 0.377 e. The zero-order valence-electron chi connectivity index (χ0n) is 8.53. The van der Waals surface area contributed by atoms with Gasteiger partial charge in [-0.15, -0.1) is 11.6 Å². The van der Waals surface area contributed by atoms with Crippen molar-refractivity contribution in [3.8, 4) is 0 Å². The minimum Gasteiger partial charge on any atom is -0.377 e. The molecule has 0 bridgehead atoms. The Morgan fingerprint density at radius 3 is 2.73 bits per heavy atom. The van der Waals surface area contributed by atoms with Crippen LogP contribution in [-0.4, -0.2) is 17.8 Å². The van der Waals surface area contributed by atoms with E-state index >= 15 is 0 Å². The van der Waals surface area contributed by atoms with Crippen LogP contribution in [0, 0.1) is 0 Å². The number of hydrogen-bond acceptors (Lipinski definition) is 1. The van der Waals surface area contributed by atoms with Gasteiger partial charge in [-0.3, -0.25) is 0 Å². The summed E-state index contributed by atoms with van der Waals surface area (Å²) in [7, 11) is 2.05. The summed E-state index contributed by atoms with van der Waals surface area (Å²) in [5, 5.41) is 1.23. The van der Waals surface area contributed by atoms with Gasteiger partial charge in [0, 0.05) is 29.7 Å². The molecule has 78 valence electrons. The highest BCUT2D eigenvalue weighted by Gasteiger charge is 2.40. The van der Waals surface area contributed by atoms with Crippen LogP contribution in [0.15, 0.2) is 30.5 Å². The fourth-order valence-electron chi connectivity index (χ4n) is 2.14. The molecule has 0 spiro atoms. The van der Waals surface area contributed by atoms with Gasteiger partial charge >= 0.3 is 0 Å². The van der Waals surface area contributed by atoms with Crippen molar-refractivity contribution in [3.63, 3.8) is 0 Å². The van der Waals surface area contributed by atoms with Crippen LogP contribution in [0.5, 0.6) is 0 Å². The van der Waals surface area contributed by atoms with Crippen LogP contribution < -0.4 is 0 Å². The number of hydrogen-bond donors (Lipinski definition) is 0. The molecule has 0 unspecified atom stereocenters. The Labute approximate surface area is 93.4 Å². The second kappa shape index (κ2) is 3.00. The third-order valence-electron chi connectivity index (χ3n) is 3.04. The molecular formula is C12H12ClNO. The van der Waals surface area contributed by atoms with Gasteiger partial charge in [0.25, 0.3) is 0 Å². The quantitative estimate of drug-likeness (QED) is 0.676. The van der Waals surface area contributed by atoms with E-state index < -0.39 is 0 Å². The van der Waals surface area contributed by atoms with Crippen molar-refractivity contribution in [1.82, 2.24) is 4.57 Å². The normalized spacial score (nSPS) is 19.1. The van der Waals surface area contributed by atoms with E-state index in [0.29, 0.717) is 13.2 Å². The Hall–Kier alpha value is -0.990. The number of alkyl halides is 1. The van der Waals surface area contributed by atoms with Crippen LogP contribution in [-0.2, 0) is 16.7 Å². The number of aromatic nitrogens is 1. The van der Waals surface area contributed by atoms with E-state index in [9.17, 15) is 0 Å². The molecular weight excluding hydrogens is 210 g/mol. The lowest BCUT2D eigenvalue weighted by Crippen LogP contribution is -2.41. The van der Waals surface area contributed by atoms with Crippen molar-refractivity contribution >= 4 is 22.5 Å². The van der Waals surface area contributed by atoms with Gasteiger partial charge in [0.05, 0.1) is 13.2 Å². The highest BCUT2D eigenvalue weighted by Crippen LogP contribution is 2.40. The summed E-state index contributed by atoms with van der Waals surface area (Å²) < 4.78 is 7.33. The van der Waals surface area contributed by atoms with E-state index in [1.807, 2.05) is 19.2 Å². The van der Waals surface area contributed by atoms with Crippen LogP contribution in [0.1, 0.15) is 5.56 Å². The molecule has 0 N–H and O–H groups in total. The monoisotopic (exact) mass is 221 g/mol. The number of ether oxygens (including phenoxy) is 1. The first-order valence-electron chi connectivity index (χ1n) is 5.02. The summed E-state index contributed by atoms with van der Waals surface area (Å²) in [5.41, 5.74) is 2.41. The van der Waals surface area contributed by atoms with Gasteiger partial charge in [-0.05, 0) is 6.07 Å². The number of fused-ring (bicyclic) bond motifs is 1. The first-order chi connectivity index (χ1) is 7.21. The molecule has 0 saturated carbocycles. The predicted molar refractivity (Wildman–Crippen MR) is 61.3 cm³/mol. The summed E-state index contributed by atoms with van der Waals surface area (Å²) in [5.74, 6) is 0. The SMILES string of the molecule is Cn1cc(C2(Cl)COC2)c2ccccc21. The number of rotatable bonds is 1. The Morgan fingerprint density at radius 1 is 1.33 bits per heavy atom. The zero-order chi connectivity index (χ0) is 10.5. The number of nitrogens with zero attached hydrogens (tertiary/aromatic N) is 1. The molecule has 0 amide bonds. The molecule has 0 atom stereocenters. The minimum absolute atomic E-state index is 0.305. The van der Waals surface area contributed by atoms with E-state index in [1.165, 1.54) is 16.5 Å². The maximum Gasteiger partial charge on any atom is 0.118 e. The molecule has 1 fully saturated rings. The van der Waals surface area contributed by atoms with Crippen molar-refractivity contribution < 1.29 is 4.74 Å². The molecule has 2 nitrogen and oxygen atoms in total. The number of halogens is 1. The number of benzene rings is 1. The van der Waals surface area contributed by atoms with E-state index in [0.717, 1.165) is 0 Å². The van der Waals surface area contributed by atoms with Gasteiger partial charge < -0.3 is 9.30 Å². The predicted octanol–water partition coefficient (Wildman–Crippen LogP) is 2.64. The Kier molecular flexibility index (Phi) is 1.85. The molecule has 1 aliphatic rings. The zero-order valence-corrected chi connectivity index (χ0v) is 9.29. The van der Waals surface area contributed by atoms with Gasteiger partial charge in [0.1, 0.15) is 4.87 Å². The van der Waals surface area contributed by atoms with Crippen LogP contribution in [0.2, 0.25) is 0 Å². The van der Waals surface area contributed by atoms with Gasteiger partial charge in [0.2, 0.25) is 0 Å². The van der Waals surface area contributed by atoms with Gasteiger partial charge in [-0.2, -0.15) is 0 Å². The molecule has 0 aliphatic carbocycles. The third-order valence-corrected chi connectivity index (χ3v) is 3.46. The molecule has 1 aliphatic heterocycles. The van der Waals surface area contributed by atoms with Crippen molar-refractivity contribution in [2.24, 2.45) is 7.05 Å². The maximum absolute atomic E-state index is 6.49. The van der Waals surface area contributed by atoms with E-state index in [2.05, 4.69) is 22.9 Å². The van der Waals surface area contributed by atoms with Crippen molar-refractivity contribution in [2.75, 3.05) is 13.2 Å². The summed E-state index contributed by atoms with van der Waals surface area (Å²) in [4.78, 5) is -0.305. The van der Waals surface area contributed by atoms with Crippen LogP contribution in [0.25, 0.3) is 10.9 Å². The number of para-hydroxylation sites is 1. The van der Waals surface area contributed by atoms with Gasteiger partial charge in [-0.1, -0.05) is 18.2 Å². The van der Waals surface area contributed by atoms with E-state index in [4.69, 9.17) is 16.3 Å². The van der Waals surface area contributed by atoms with Gasteiger partial charge in [0.15, 0.2) is 0 Å². The Bertz CT molecular complexity index is 513. The molecule has 15 heavy (non-hydrogen) atoms. The lowest BCUT2D eigenvalue weighted by molar-refractivity contribution is -0.0146. The molecule has 2 heterocycles. The smallest absolute Gasteiger partial charge is 0.118 e. The van der Waals surface area contributed by atoms with Crippen molar-refractivity contribution in [3.05, 3.63) is 36.0 Å². The molecule has 2 aromatic rings. The molecule has 1 aromatic carbocycles. The van der Waals surface area contributed by atoms with Crippen molar-refractivity contribution in [2.45, 2.75) is 4.87 Å². The number of aryl methyl sites for hydroxylation is 1. The summed E-state index contributed by atoms with van der Waals surface area (Å²) in [6.07, 6.45) is 2.11. The second-order valence-electron chi connectivity index (χ2n) is 4.13. The Morgan fingerprint density at radius 2 is 2.07 bits per heavy atom. The summed E-state index contributed by atoms with van der Waals surface area (Å²) in [6, 6.07) is 8.32. The van der Waals surface area contributed by atoms with Gasteiger partial charge in [-0.25, -0.2) is 0 Å². The molecule has 3 rings (SSSR count). The maximum atomic E-state index is 6.49. The van der Waals surface area contributed by atoms with E-state index in [1.54, 1.807) is 0 Å². The molecule has 0 radical (unpaired) electrons. The fourth-order valence-corrected chi connectivity index (χ4v) is 2.44. The third kappa shape index (κ3) is 1.22. The standard InChI is InChI=1S/C12H12ClNO/c1-14-6-10(12(13)7-15-8-12)9-4-2-3-5-11(9)14/h2-6H,7-8H2,1H3. The Balaban J connectivity index is 2.27. The fraction of sp³-hybridized carbons (Fsp3) is 0.333. The average molecular weight is 222 g/mol.